The third-order valence-corrected chi connectivity index (χ3v) is 6.37. The van der Waals surface area contributed by atoms with Gasteiger partial charge in [-0.25, -0.2) is 4.79 Å². The normalized spacial score (nSPS) is 16.6. The van der Waals surface area contributed by atoms with Crippen LogP contribution in [0.25, 0.3) is 11.8 Å². The van der Waals surface area contributed by atoms with E-state index in [4.69, 9.17) is 23.2 Å². The summed E-state index contributed by atoms with van der Waals surface area (Å²) in [4.78, 5) is 37.9. The van der Waals surface area contributed by atoms with Gasteiger partial charge in [0, 0.05) is 11.4 Å². The van der Waals surface area contributed by atoms with Crippen LogP contribution in [0.4, 0.5) is 4.79 Å². The van der Waals surface area contributed by atoms with Crippen molar-refractivity contribution in [3.05, 3.63) is 56.2 Å². The number of carbonyl (C=O) groups is 3. The Kier molecular flexibility index (Phi) is 6.12. The molecular weight excluding hydrogens is 435 g/mol. The van der Waals surface area contributed by atoms with Crippen molar-refractivity contribution in [3.8, 4) is 5.69 Å². The van der Waals surface area contributed by atoms with E-state index in [1.807, 2.05) is 36.6 Å². The predicted octanol–water partition coefficient (Wildman–Crippen LogP) is 5.00. The van der Waals surface area contributed by atoms with Gasteiger partial charge < -0.3 is 9.30 Å². The maximum absolute atomic E-state index is 12.7. The van der Waals surface area contributed by atoms with E-state index in [2.05, 4.69) is 4.74 Å². The molecule has 152 valence electrons. The van der Waals surface area contributed by atoms with Gasteiger partial charge >= 0.3 is 5.97 Å². The molecule has 0 aliphatic carbocycles. The maximum atomic E-state index is 12.7. The molecule has 0 radical (unpaired) electrons. The third-order valence-electron chi connectivity index (χ3n) is 4.68. The van der Waals surface area contributed by atoms with E-state index in [1.54, 1.807) is 12.1 Å². The number of esters is 1. The summed E-state index contributed by atoms with van der Waals surface area (Å²) in [5, 5.41) is 0.358. The smallest absolute Gasteiger partial charge is 0.328 e. The van der Waals surface area contributed by atoms with E-state index in [0.29, 0.717) is 10.0 Å². The van der Waals surface area contributed by atoms with E-state index in [0.717, 1.165) is 39.3 Å². The molecule has 0 bridgehead atoms. The van der Waals surface area contributed by atoms with E-state index < -0.39 is 23.2 Å². The SMILES string of the molecule is COC(=O)[C@H](C)N1C(=O)S/C(=C/c2cc(C)n(-c3cccc(Cl)c3Cl)c2C)C1=O. The number of halogens is 2. The average Bonchev–Trinajstić information content (AvgIpc) is 3.11. The monoisotopic (exact) mass is 452 g/mol. The topological polar surface area (TPSA) is 68.6 Å². The molecule has 3 rings (SSSR count). The van der Waals surface area contributed by atoms with Gasteiger partial charge in [-0.2, -0.15) is 0 Å². The molecule has 6 nitrogen and oxygen atoms in total. The molecule has 2 aromatic rings. The van der Waals surface area contributed by atoms with E-state index in [9.17, 15) is 14.4 Å². The first-order chi connectivity index (χ1) is 13.7. The second-order valence-corrected chi connectivity index (χ2v) is 8.26. The minimum absolute atomic E-state index is 0.239. The molecule has 2 amide bonds. The Morgan fingerprint density at radius 2 is 1.93 bits per heavy atom. The van der Waals surface area contributed by atoms with Crippen LogP contribution < -0.4 is 0 Å². The maximum Gasteiger partial charge on any atom is 0.328 e. The molecule has 9 heteroatoms. The van der Waals surface area contributed by atoms with Crippen molar-refractivity contribution in [2.45, 2.75) is 26.8 Å². The number of hydrogen-bond acceptors (Lipinski definition) is 5. The lowest BCUT2D eigenvalue weighted by Crippen LogP contribution is -2.42. The summed E-state index contributed by atoms with van der Waals surface area (Å²) < 4.78 is 6.57. The Morgan fingerprint density at radius 3 is 2.59 bits per heavy atom. The molecular formula is C20H18Cl2N2O4S. The van der Waals surface area contributed by atoms with Crippen LogP contribution in [0, 0.1) is 13.8 Å². The van der Waals surface area contributed by atoms with Crippen molar-refractivity contribution in [1.29, 1.82) is 0 Å². The lowest BCUT2D eigenvalue weighted by atomic mass is 10.2. The fourth-order valence-corrected chi connectivity index (χ4v) is 4.48. The highest BCUT2D eigenvalue weighted by molar-refractivity contribution is 8.18. The molecule has 29 heavy (non-hydrogen) atoms. The Balaban J connectivity index is 2.00. The molecule has 1 aromatic heterocycles. The van der Waals surface area contributed by atoms with Gasteiger partial charge in [-0.1, -0.05) is 29.3 Å². The summed E-state index contributed by atoms with van der Waals surface area (Å²) in [7, 11) is 1.21. The molecule has 1 aliphatic heterocycles. The number of rotatable bonds is 4. The molecule has 0 saturated carbocycles. The Bertz CT molecular complexity index is 1060. The lowest BCUT2D eigenvalue weighted by molar-refractivity contribution is -0.148. The number of aromatic nitrogens is 1. The van der Waals surface area contributed by atoms with Crippen molar-refractivity contribution in [2.24, 2.45) is 0 Å². The minimum atomic E-state index is -0.990. The highest BCUT2D eigenvalue weighted by Gasteiger charge is 2.41. The van der Waals surface area contributed by atoms with Crippen molar-refractivity contribution in [2.75, 3.05) is 7.11 Å². The number of benzene rings is 1. The highest BCUT2D eigenvalue weighted by Crippen LogP contribution is 2.36. The molecule has 2 heterocycles. The molecule has 0 unspecified atom stereocenters. The number of imide groups is 1. The summed E-state index contributed by atoms with van der Waals surface area (Å²) in [6.45, 7) is 5.25. The predicted molar refractivity (Wildman–Crippen MR) is 115 cm³/mol. The summed E-state index contributed by atoms with van der Waals surface area (Å²) in [6, 6.07) is 6.27. The van der Waals surface area contributed by atoms with Crippen LogP contribution in [0.5, 0.6) is 0 Å². The highest BCUT2D eigenvalue weighted by atomic mass is 35.5. The Hall–Kier alpha value is -2.22. The van der Waals surface area contributed by atoms with Crippen LogP contribution in [0.15, 0.2) is 29.2 Å². The first-order valence-corrected chi connectivity index (χ1v) is 10.2. The molecule has 1 atom stereocenters. The van der Waals surface area contributed by atoms with Gasteiger partial charge in [0.05, 0.1) is 27.7 Å². The zero-order chi connectivity index (χ0) is 21.5. The molecule has 0 N–H and O–H groups in total. The second kappa shape index (κ2) is 8.26. The Labute approximate surface area is 182 Å². The summed E-state index contributed by atoms with van der Waals surface area (Å²) in [6.07, 6.45) is 1.65. The van der Waals surface area contributed by atoms with Crippen LogP contribution >= 0.6 is 35.0 Å². The number of hydrogen-bond donors (Lipinski definition) is 0. The number of carbonyl (C=O) groups excluding carboxylic acids is 3. The summed E-state index contributed by atoms with van der Waals surface area (Å²) in [5.41, 5.74) is 3.20. The largest absolute Gasteiger partial charge is 0.467 e. The molecule has 1 aromatic carbocycles. The Morgan fingerprint density at radius 1 is 1.24 bits per heavy atom. The van der Waals surface area contributed by atoms with Gasteiger partial charge in [-0.05, 0) is 62.4 Å². The number of methoxy groups -OCH3 is 1. The molecule has 0 spiro atoms. The van der Waals surface area contributed by atoms with E-state index in [1.165, 1.54) is 14.0 Å². The van der Waals surface area contributed by atoms with Gasteiger partial charge in [-0.3, -0.25) is 14.5 Å². The average molecular weight is 453 g/mol. The first-order valence-electron chi connectivity index (χ1n) is 8.65. The second-order valence-electron chi connectivity index (χ2n) is 6.49. The lowest BCUT2D eigenvalue weighted by Gasteiger charge is -2.18. The summed E-state index contributed by atoms with van der Waals surface area (Å²) >= 11 is 13.3. The molecule has 1 aliphatic rings. The fraction of sp³-hybridized carbons (Fsp3) is 0.250. The van der Waals surface area contributed by atoms with Crippen LogP contribution in [-0.2, 0) is 14.3 Å². The number of nitrogens with zero attached hydrogens (tertiary/aromatic N) is 2. The van der Waals surface area contributed by atoms with Crippen molar-refractivity contribution in [1.82, 2.24) is 9.47 Å². The van der Waals surface area contributed by atoms with Crippen LogP contribution in [0.3, 0.4) is 0 Å². The summed E-state index contributed by atoms with van der Waals surface area (Å²) in [5.74, 6) is -1.18. The fourth-order valence-electron chi connectivity index (χ4n) is 3.20. The number of thioether (sulfide) groups is 1. The van der Waals surface area contributed by atoms with Crippen molar-refractivity contribution in [3.63, 3.8) is 0 Å². The van der Waals surface area contributed by atoms with E-state index >= 15 is 0 Å². The van der Waals surface area contributed by atoms with Gasteiger partial charge in [0.15, 0.2) is 0 Å². The zero-order valence-corrected chi connectivity index (χ0v) is 18.5. The van der Waals surface area contributed by atoms with Crippen molar-refractivity contribution >= 4 is 58.2 Å². The first kappa shape index (κ1) is 21.5. The standard InChI is InChI=1S/C20H18Cl2N2O4S/c1-10-8-13(11(2)23(10)15-7-5-6-14(21)17(15)22)9-16-18(25)24(20(27)29-16)12(3)19(26)28-4/h5-9,12H,1-4H3/b16-9+/t12-/m0/s1. The zero-order valence-electron chi connectivity index (χ0n) is 16.2. The van der Waals surface area contributed by atoms with Crippen LogP contribution in [-0.4, -0.2) is 39.7 Å². The molecule has 1 saturated heterocycles. The quantitative estimate of drug-likeness (QED) is 0.482. The van der Waals surface area contributed by atoms with Crippen LogP contribution in [0.1, 0.15) is 23.9 Å². The number of ether oxygens (including phenoxy) is 1. The van der Waals surface area contributed by atoms with Gasteiger partial charge in [-0.15, -0.1) is 0 Å². The minimum Gasteiger partial charge on any atom is -0.467 e. The number of aryl methyl sites for hydroxylation is 1. The van der Waals surface area contributed by atoms with Gasteiger partial charge in [0.25, 0.3) is 11.1 Å². The third kappa shape index (κ3) is 3.82. The number of amides is 2. The van der Waals surface area contributed by atoms with Crippen molar-refractivity contribution < 1.29 is 19.1 Å². The van der Waals surface area contributed by atoms with Gasteiger partial charge in [0.2, 0.25) is 0 Å². The van der Waals surface area contributed by atoms with Gasteiger partial charge in [0.1, 0.15) is 6.04 Å². The van der Waals surface area contributed by atoms with Crippen LogP contribution in [0.2, 0.25) is 10.0 Å². The molecule has 1 fully saturated rings. The van der Waals surface area contributed by atoms with E-state index in [-0.39, 0.29) is 4.91 Å².